The molecule has 3 rings (SSSR count). The first kappa shape index (κ1) is 22.1. The van der Waals surface area contributed by atoms with E-state index in [4.69, 9.17) is 12.2 Å². The quantitative estimate of drug-likeness (QED) is 0.435. The maximum atomic E-state index is 13.4. The largest absolute Gasteiger partial charge is 0.326 e. The maximum Gasteiger partial charge on any atom is 0.269 e. The number of amides is 3. The third kappa shape index (κ3) is 4.93. The molecule has 1 atom stereocenters. The Bertz CT molecular complexity index is 1000. The molecule has 1 saturated heterocycles. The van der Waals surface area contributed by atoms with Gasteiger partial charge in [0.05, 0.1) is 6.42 Å². The van der Waals surface area contributed by atoms with Gasteiger partial charge >= 0.3 is 0 Å². The van der Waals surface area contributed by atoms with Gasteiger partial charge in [0.15, 0.2) is 5.11 Å². The number of likely N-dealkylation sites (N-methyl/N-ethyl adjacent to an activating group) is 1. The third-order valence-corrected chi connectivity index (χ3v) is 5.57. The molecular weight excluding hydrogens is 522 g/mol. The highest BCUT2D eigenvalue weighted by molar-refractivity contribution is 14.1. The van der Waals surface area contributed by atoms with Crippen LogP contribution in [0.25, 0.3) is 0 Å². The minimum absolute atomic E-state index is 0.0716. The average molecular weight is 540 g/mol. The van der Waals surface area contributed by atoms with Crippen LogP contribution >= 0.6 is 34.8 Å². The van der Waals surface area contributed by atoms with Crippen molar-refractivity contribution in [2.75, 3.05) is 11.9 Å². The predicted molar refractivity (Wildman–Crippen MR) is 122 cm³/mol. The van der Waals surface area contributed by atoms with Crippen molar-refractivity contribution in [2.24, 2.45) is 0 Å². The molecule has 2 N–H and O–H groups in total. The van der Waals surface area contributed by atoms with Crippen molar-refractivity contribution in [1.29, 1.82) is 0 Å². The fraction of sp³-hybridized carbons (Fsp3) is 0.200. The Balaban J connectivity index is 1.76. The van der Waals surface area contributed by atoms with E-state index in [1.54, 1.807) is 19.1 Å². The number of hydrogen-bond donors (Lipinski definition) is 2. The summed E-state index contributed by atoms with van der Waals surface area (Å²) in [5.74, 6) is -1.99. The topological polar surface area (TPSA) is 81.8 Å². The fourth-order valence-corrected chi connectivity index (χ4v) is 3.72. The summed E-state index contributed by atoms with van der Waals surface area (Å²) in [5, 5.41) is 4.01. The van der Waals surface area contributed by atoms with Gasteiger partial charge in [0.2, 0.25) is 5.91 Å². The van der Waals surface area contributed by atoms with E-state index >= 15 is 0 Å². The summed E-state index contributed by atoms with van der Waals surface area (Å²) in [6.45, 7) is 2.03. The van der Waals surface area contributed by atoms with Gasteiger partial charge in [-0.1, -0.05) is 6.07 Å². The minimum atomic E-state index is -1.00. The normalized spacial score (nSPS) is 16.0. The number of anilines is 1. The lowest BCUT2D eigenvalue weighted by Gasteiger charge is -2.24. The second-order valence-corrected chi connectivity index (χ2v) is 8.07. The first-order valence-electron chi connectivity index (χ1n) is 9.06. The summed E-state index contributed by atoms with van der Waals surface area (Å²) < 4.78 is 14.5. The molecule has 1 aliphatic heterocycles. The Morgan fingerprint density at radius 2 is 1.90 bits per heavy atom. The van der Waals surface area contributed by atoms with Gasteiger partial charge in [-0.05, 0) is 84.2 Å². The van der Waals surface area contributed by atoms with Crippen molar-refractivity contribution < 1.29 is 18.8 Å². The number of halogens is 2. The molecule has 0 radical (unpaired) electrons. The molecule has 156 valence electrons. The van der Waals surface area contributed by atoms with Crippen LogP contribution in [0.15, 0.2) is 48.5 Å². The Labute approximate surface area is 191 Å². The van der Waals surface area contributed by atoms with E-state index in [2.05, 4.69) is 33.3 Å². The highest BCUT2D eigenvalue weighted by Gasteiger charge is 2.43. The number of thiocarbonyl (C=S) groups is 1. The molecule has 2 aromatic carbocycles. The lowest BCUT2D eigenvalue weighted by atomic mass is 10.1. The van der Waals surface area contributed by atoms with Crippen molar-refractivity contribution in [3.63, 3.8) is 0 Å². The molecule has 0 aliphatic carbocycles. The van der Waals surface area contributed by atoms with Crippen LogP contribution in [0.5, 0.6) is 0 Å². The number of rotatable bonds is 6. The van der Waals surface area contributed by atoms with Crippen LogP contribution < -0.4 is 10.7 Å². The number of benzene rings is 2. The van der Waals surface area contributed by atoms with E-state index < -0.39 is 23.7 Å². The van der Waals surface area contributed by atoms with Gasteiger partial charge in [0.25, 0.3) is 11.8 Å². The molecule has 1 heterocycles. The van der Waals surface area contributed by atoms with Gasteiger partial charge in [-0.3, -0.25) is 24.7 Å². The molecule has 0 bridgehead atoms. The predicted octanol–water partition coefficient (Wildman–Crippen LogP) is 2.92. The summed E-state index contributed by atoms with van der Waals surface area (Å²) in [4.78, 5) is 39.2. The third-order valence-electron chi connectivity index (χ3n) is 4.43. The van der Waals surface area contributed by atoms with Crippen LogP contribution in [-0.2, 0) is 9.59 Å². The second-order valence-electron chi connectivity index (χ2n) is 6.46. The van der Waals surface area contributed by atoms with Gasteiger partial charge in [-0.25, -0.2) is 9.40 Å². The van der Waals surface area contributed by atoms with Gasteiger partial charge in [-0.2, -0.15) is 0 Å². The molecule has 0 spiro atoms. The highest BCUT2D eigenvalue weighted by atomic mass is 127. The van der Waals surface area contributed by atoms with Crippen molar-refractivity contribution in [1.82, 2.24) is 15.3 Å². The molecular formula is C20H18FIN4O3S. The fourth-order valence-electron chi connectivity index (χ4n) is 2.97. The summed E-state index contributed by atoms with van der Waals surface area (Å²) in [6.07, 6.45) is -0.217. The maximum absolute atomic E-state index is 13.4. The van der Waals surface area contributed by atoms with E-state index in [1.807, 2.05) is 12.1 Å². The Morgan fingerprint density at radius 1 is 1.20 bits per heavy atom. The van der Waals surface area contributed by atoms with Crippen LogP contribution in [0.4, 0.5) is 10.1 Å². The zero-order chi connectivity index (χ0) is 21.8. The van der Waals surface area contributed by atoms with Crippen LogP contribution in [0.2, 0.25) is 0 Å². The Kier molecular flexibility index (Phi) is 6.98. The number of nitrogens with zero attached hydrogens (tertiary/aromatic N) is 2. The Hall–Kier alpha value is -2.60. The summed E-state index contributed by atoms with van der Waals surface area (Å²) in [7, 11) is 0. The van der Waals surface area contributed by atoms with Crippen molar-refractivity contribution >= 4 is 63.3 Å². The van der Waals surface area contributed by atoms with Gasteiger partial charge < -0.3 is 5.32 Å². The molecule has 30 heavy (non-hydrogen) atoms. The lowest BCUT2D eigenvalue weighted by Crippen LogP contribution is -2.49. The summed E-state index contributed by atoms with van der Waals surface area (Å²) in [6, 6.07) is 11.3. The zero-order valence-corrected chi connectivity index (χ0v) is 18.9. The Morgan fingerprint density at radius 3 is 2.53 bits per heavy atom. The van der Waals surface area contributed by atoms with Crippen molar-refractivity contribution in [3.8, 4) is 0 Å². The molecule has 0 unspecified atom stereocenters. The molecule has 10 heteroatoms. The first-order valence-corrected chi connectivity index (χ1v) is 10.6. The number of carbonyl (C=O) groups excluding carboxylic acids is 3. The molecule has 2 aromatic rings. The molecule has 1 fully saturated rings. The molecule has 0 saturated carbocycles. The lowest BCUT2D eigenvalue weighted by molar-refractivity contribution is -0.130. The summed E-state index contributed by atoms with van der Waals surface area (Å²) >= 11 is 7.47. The average Bonchev–Trinajstić information content (AvgIpc) is 2.93. The minimum Gasteiger partial charge on any atom is -0.326 e. The number of nitrogens with one attached hydrogen (secondary N) is 2. The van der Waals surface area contributed by atoms with Crippen LogP contribution in [0, 0.1) is 9.39 Å². The van der Waals surface area contributed by atoms with E-state index in [9.17, 15) is 18.8 Å². The van der Waals surface area contributed by atoms with Crippen LogP contribution in [0.3, 0.4) is 0 Å². The van der Waals surface area contributed by atoms with E-state index in [1.165, 1.54) is 28.1 Å². The number of hydrogen-bond acceptors (Lipinski definition) is 4. The number of hydrazine groups is 1. The van der Waals surface area contributed by atoms with Crippen LogP contribution in [0.1, 0.15) is 23.7 Å². The van der Waals surface area contributed by atoms with Gasteiger partial charge in [-0.15, -0.1) is 0 Å². The first-order chi connectivity index (χ1) is 14.3. The van der Waals surface area contributed by atoms with Crippen molar-refractivity contribution in [2.45, 2.75) is 19.4 Å². The zero-order valence-electron chi connectivity index (χ0n) is 15.9. The van der Waals surface area contributed by atoms with Gasteiger partial charge in [0.1, 0.15) is 11.9 Å². The monoisotopic (exact) mass is 540 g/mol. The molecule has 7 nitrogen and oxygen atoms in total. The smallest absolute Gasteiger partial charge is 0.269 e. The molecule has 3 amide bonds. The summed E-state index contributed by atoms with van der Waals surface area (Å²) in [5.41, 5.74) is 3.20. The van der Waals surface area contributed by atoms with E-state index in [0.29, 0.717) is 12.2 Å². The van der Waals surface area contributed by atoms with Crippen molar-refractivity contribution in [3.05, 3.63) is 63.5 Å². The number of carbonyl (C=O) groups is 3. The van der Waals surface area contributed by atoms with Gasteiger partial charge in [0, 0.05) is 21.4 Å². The SMILES string of the molecule is CCN1C(=O)[C@@H](CC(=O)Nc2ccc(I)cc2)N(NC(=O)c2cccc(F)c2)C1=S. The molecule has 1 aliphatic rings. The second kappa shape index (κ2) is 9.47. The standard InChI is InChI=1S/C20H18FIN4O3S/c1-2-25-19(29)16(11-17(27)23-15-8-6-14(22)7-9-15)26(20(25)30)24-18(28)12-4-3-5-13(21)10-12/h3-10,16H,2,11H2,1H3,(H,23,27)(H,24,28)/t16-/m1/s1. The molecule has 0 aromatic heterocycles. The van der Waals surface area contributed by atoms with E-state index in [-0.39, 0.29) is 23.0 Å². The van der Waals surface area contributed by atoms with E-state index in [0.717, 1.165) is 9.64 Å². The highest BCUT2D eigenvalue weighted by Crippen LogP contribution is 2.20. The van der Waals surface area contributed by atoms with Crippen LogP contribution in [-0.4, -0.2) is 45.3 Å².